The third-order valence-electron chi connectivity index (χ3n) is 4.86. The highest BCUT2D eigenvalue weighted by molar-refractivity contribution is 6.06. The zero-order valence-corrected chi connectivity index (χ0v) is 13.7. The number of likely N-dealkylation sites (tertiary alicyclic amines) is 1. The molecule has 24 heavy (non-hydrogen) atoms. The molecule has 2 aromatic heterocycles. The first kappa shape index (κ1) is 14.9. The van der Waals surface area contributed by atoms with Crippen molar-refractivity contribution < 1.29 is 4.79 Å². The number of aryl methyl sites for hydroxylation is 1. The van der Waals surface area contributed by atoms with Crippen molar-refractivity contribution >= 4 is 16.8 Å². The molecule has 0 unspecified atom stereocenters. The summed E-state index contributed by atoms with van der Waals surface area (Å²) in [6.07, 6.45) is 5.71. The Labute approximate surface area is 140 Å². The van der Waals surface area contributed by atoms with Gasteiger partial charge in [-0.2, -0.15) is 5.10 Å². The van der Waals surface area contributed by atoms with Gasteiger partial charge < -0.3 is 4.90 Å². The number of aromatic nitrogens is 3. The third kappa shape index (κ3) is 2.56. The van der Waals surface area contributed by atoms with Crippen LogP contribution in [0.1, 0.15) is 40.4 Å². The van der Waals surface area contributed by atoms with Crippen LogP contribution in [-0.2, 0) is 0 Å². The predicted molar refractivity (Wildman–Crippen MR) is 92.9 cm³/mol. The van der Waals surface area contributed by atoms with E-state index in [1.807, 2.05) is 41.4 Å². The number of H-pyrrole nitrogens is 1. The maximum atomic E-state index is 13.1. The van der Waals surface area contributed by atoms with Crippen LogP contribution < -0.4 is 0 Å². The van der Waals surface area contributed by atoms with Gasteiger partial charge in [-0.1, -0.05) is 12.1 Å². The molecule has 122 valence electrons. The van der Waals surface area contributed by atoms with Crippen molar-refractivity contribution in [1.29, 1.82) is 0 Å². The van der Waals surface area contributed by atoms with Gasteiger partial charge in [-0.3, -0.25) is 14.9 Å². The number of fused-ring (bicyclic) bond motifs is 1. The van der Waals surface area contributed by atoms with E-state index in [-0.39, 0.29) is 5.91 Å². The molecule has 0 spiro atoms. The van der Waals surface area contributed by atoms with Crippen LogP contribution in [0.5, 0.6) is 0 Å². The molecule has 4 rings (SSSR count). The molecule has 0 bridgehead atoms. The second-order valence-electron chi connectivity index (χ2n) is 6.43. The van der Waals surface area contributed by atoms with E-state index in [1.54, 1.807) is 6.20 Å². The molecule has 1 atom stereocenters. The highest BCUT2D eigenvalue weighted by Crippen LogP contribution is 2.29. The van der Waals surface area contributed by atoms with E-state index in [0.717, 1.165) is 48.1 Å². The SMILES string of the molecule is Cc1cn[nH]c1[C@@H]1CCCN(C(=O)c2cccc3ncccc23)C1. The molecule has 3 aromatic rings. The lowest BCUT2D eigenvalue weighted by Crippen LogP contribution is -2.39. The zero-order valence-electron chi connectivity index (χ0n) is 13.7. The van der Waals surface area contributed by atoms with Crippen LogP contribution in [0, 0.1) is 6.92 Å². The minimum Gasteiger partial charge on any atom is -0.338 e. The maximum absolute atomic E-state index is 13.1. The van der Waals surface area contributed by atoms with Gasteiger partial charge in [-0.05, 0) is 43.5 Å². The second kappa shape index (κ2) is 6.07. The van der Waals surface area contributed by atoms with Crippen LogP contribution in [-0.4, -0.2) is 39.1 Å². The van der Waals surface area contributed by atoms with Crippen LogP contribution in [0.4, 0.5) is 0 Å². The lowest BCUT2D eigenvalue weighted by Gasteiger charge is -2.33. The molecular formula is C19H20N4O. The van der Waals surface area contributed by atoms with Crippen molar-refractivity contribution in [2.75, 3.05) is 13.1 Å². The number of amides is 1. The summed E-state index contributed by atoms with van der Waals surface area (Å²) in [6.45, 7) is 3.60. The van der Waals surface area contributed by atoms with E-state index in [4.69, 9.17) is 0 Å². The summed E-state index contributed by atoms with van der Waals surface area (Å²) in [6, 6.07) is 9.60. The van der Waals surface area contributed by atoms with Crippen LogP contribution >= 0.6 is 0 Å². The number of benzene rings is 1. The Morgan fingerprint density at radius 2 is 2.21 bits per heavy atom. The number of pyridine rings is 1. The van der Waals surface area contributed by atoms with Crippen molar-refractivity contribution in [1.82, 2.24) is 20.1 Å². The molecule has 1 aliphatic heterocycles. The van der Waals surface area contributed by atoms with Crippen molar-refractivity contribution in [3.63, 3.8) is 0 Å². The minimum absolute atomic E-state index is 0.0930. The molecule has 5 heteroatoms. The van der Waals surface area contributed by atoms with Gasteiger partial charge in [0.1, 0.15) is 0 Å². The lowest BCUT2D eigenvalue weighted by molar-refractivity contribution is 0.0707. The van der Waals surface area contributed by atoms with Gasteiger partial charge in [-0.15, -0.1) is 0 Å². The van der Waals surface area contributed by atoms with Gasteiger partial charge in [0.05, 0.1) is 11.7 Å². The quantitative estimate of drug-likeness (QED) is 0.788. The molecule has 1 aromatic carbocycles. The first-order valence-electron chi connectivity index (χ1n) is 8.37. The molecule has 1 N–H and O–H groups in total. The van der Waals surface area contributed by atoms with E-state index >= 15 is 0 Å². The first-order valence-corrected chi connectivity index (χ1v) is 8.37. The van der Waals surface area contributed by atoms with Gasteiger partial charge in [0.2, 0.25) is 0 Å². The summed E-state index contributed by atoms with van der Waals surface area (Å²) >= 11 is 0. The van der Waals surface area contributed by atoms with Gasteiger partial charge in [0, 0.05) is 41.8 Å². The summed E-state index contributed by atoms with van der Waals surface area (Å²) < 4.78 is 0. The zero-order chi connectivity index (χ0) is 16.5. The Morgan fingerprint density at radius 1 is 1.29 bits per heavy atom. The topological polar surface area (TPSA) is 61.9 Å². The summed E-state index contributed by atoms with van der Waals surface area (Å²) in [4.78, 5) is 19.4. The smallest absolute Gasteiger partial charge is 0.254 e. The molecule has 1 saturated heterocycles. The van der Waals surface area contributed by atoms with Crippen molar-refractivity contribution in [3.8, 4) is 0 Å². The van der Waals surface area contributed by atoms with Gasteiger partial charge in [0.25, 0.3) is 5.91 Å². The summed E-state index contributed by atoms with van der Waals surface area (Å²) in [5, 5.41) is 8.16. The van der Waals surface area contributed by atoms with E-state index in [0.29, 0.717) is 5.92 Å². The number of carbonyl (C=O) groups is 1. The van der Waals surface area contributed by atoms with Crippen molar-refractivity contribution in [3.05, 3.63) is 59.5 Å². The van der Waals surface area contributed by atoms with Crippen LogP contribution in [0.2, 0.25) is 0 Å². The average molecular weight is 320 g/mol. The first-order chi connectivity index (χ1) is 11.7. The van der Waals surface area contributed by atoms with E-state index in [9.17, 15) is 4.79 Å². The Morgan fingerprint density at radius 3 is 3.04 bits per heavy atom. The normalized spacial score (nSPS) is 18.0. The van der Waals surface area contributed by atoms with Crippen LogP contribution in [0.15, 0.2) is 42.7 Å². The number of aromatic amines is 1. The highest BCUT2D eigenvalue weighted by atomic mass is 16.2. The van der Waals surface area contributed by atoms with Gasteiger partial charge in [0.15, 0.2) is 0 Å². The summed E-state index contributed by atoms with van der Waals surface area (Å²) in [5.74, 6) is 0.425. The number of nitrogens with zero attached hydrogens (tertiary/aromatic N) is 3. The van der Waals surface area contributed by atoms with Crippen LogP contribution in [0.3, 0.4) is 0 Å². The number of piperidine rings is 1. The predicted octanol–water partition coefficient (Wildman–Crippen LogP) is 3.29. The Balaban J connectivity index is 1.63. The van der Waals surface area contributed by atoms with Gasteiger partial charge in [-0.25, -0.2) is 0 Å². The molecule has 5 nitrogen and oxygen atoms in total. The fourth-order valence-electron chi connectivity index (χ4n) is 3.63. The Bertz CT molecular complexity index is 880. The molecule has 0 radical (unpaired) electrons. The largest absolute Gasteiger partial charge is 0.338 e. The molecule has 0 aliphatic carbocycles. The Hall–Kier alpha value is -2.69. The number of carbonyl (C=O) groups excluding carboxylic acids is 1. The molecular weight excluding hydrogens is 300 g/mol. The van der Waals surface area contributed by atoms with Crippen molar-refractivity contribution in [2.45, 2.75) is 25.7 Å². The number of hydrogen-bond donors (Lipinski definition) is 1. The number of rotatable bonds is 2. The third-order valence-corrected chi connectivity index (χ3v) is 4.86. The summed E-state index contributed by atoms with van der Waals surface area (Å²) in [7, 11) is 0. The molecule has 1 aliphatic rings. The fourth-order valence-corrected chi connectivity index (χ4v) is 3.63. The minimum atomic E-state index is 0.0930. The highest BCUT2D eigenvalue weighted by Gasteiger charge is 2.27. The van der Waals surface area contributed by atoms with E-state index in [2.05, 4.69) is 22.1 Å². The standard InChI is InChI=1S/C19H20N4O/c1-13-11-21-22-18(13)14-5-4-10-23(12-14)19(24)16-6-2-8-17-15(16)7-3-9-20-17/h2-3,6-9,11,14H,4-5,10,12H2,1H3,(H,21,22)/t14-/m1/s1. The second-order valence-corrected chi connectivity index (χ2v) is 6.43. The maximum Gasteiger partial charge on any atom is 0.254 e. The lowest BCUT2D eigenvalue weighted by atomic mass is 9.92. The van der Waals surface area contributed by atoms with E-state index < -0.39 is 0 Å². The van der Waals surface area contributed by atoms with E-state index in [1.165, 1.54) is 5.56 Å². The average Bonchev–Trinajstić information content (AvgIpc) is 3.07. The fraction of sp³-hybridized carbons (Fsp3) is 0.316. The monoisotopic (exact) mass is 320 g/mol. The molecule has 3 heterocycles. The number of hydrogen-bond acceptors (Lipinski definition) is 3. The van der Waals surface area contributed by atoms with Gasteiger partial charge >= 0.3 is 0 Å². The van der Waals surface area contributed by atoms with Crippen LogP contribution in [0.25, 0.3) is 10.9 Å². The number of nitrogens with one attached hydrogen (secondary N) is 1. The molecule has 0 saturated carbocycles. The van der Waals surface area contributed by atoms with Crippen molar-refractivity contribution in [2.24, 2.45) is 0 Å². The Kier molecular flexibility index (Phi) is 3.76. The summed E-state index contributed by atoms with van der Waals surface area (Å²) in [5.41, 5.74) is 3.93. The molecule has 1 amide bonds. The molecule has 1 fully saturated rings.